The number of rotatable bonds is 2. The molecule has 2 aliphatic carbocycles. The highest BCUT2D eigenvalue weighted by atomic mass is 19.4. The molecule has 0 amide bonds. The van der Waals surface area contributed by atoms with Gasteiger partial charge in [0.25, 0.3) is 0 Å². The summed E-state index contributed by atoms with van der Waals surface area (Å²) >= 11 is 0. The van der Waals surface area contributed by atoms with Gasteiger partial charge in [0.05, 0.1) is 11.9 Å². The third kappa shape index (κ3) is 2.30. The quantitative estimate of drug-likeness (QED) is 0.854. The Kier molecular flexibility index (Phi) is 3.05. The normalized spacial score (nSPS) is 34.2. The molecule has 116 valence electrons. The molecule has 2 aliphatic rings. The minimum absolute atomic E-state index is 0.162. The Morgan fingerprint density at radius 1 is 1.24 bits per heavy atom. The average Bonchev–Trinajstić information content (AvgIpc) is 2.85. The highest BCUT2D eigenvalue weighted by Crippen LogP contribution is 2.63. The van der Waals surface area contributed by atoms with Gasteiger partial charge in [0.1, 0.15) is 5.69 Å². The van der Waals surface area contributed by atoms with E-state index in [0.29, 0.717) is 11.6 Å². The minimum Gasteiger partial charge on any atom is -0.380 e. The van der Waals surface area contributed by atoms with Gasteiger partial charge in [-0.05, 0) is 48.1 Å². The molecule has 0 aliphatic heterocycles. The van der Waals surface area contributed by atoms with Crippen molar-refractivity contribution in [3.63, 3.8) is 0 Å². The number of hydrogen-bond acceptors (Lipinski definition) is 2. The van der Waals surface area contributed by atoms with E-state index in [1.54, 1.807) is 0 Å². The van der Waals surface area contributed by atoms with Crippen LogP contribution in [-0.2, 0) is 6.18 Å². The van der Waals surface area contributed by atoms with Crippen LogP contribution in [0.3, 0.4) is 0 Å². The Balaban J connectivity index is 1.81. The summed E-state index contributed by atoms with van der Waals surface area (Å²) in [5.74, 6) is 0.697. The predicted octanol–water partition coefficient (Wildman–Crippen LogP) is 4.73. The minimum atomic E-state index is -4.38. The van der Waals surface area contributed by atoms with Gasteiger partial charge in [0, 0.05) is 6.04 Å². The summed E-state index contributed by atoms with van der Waals surface area (Å²) < 4.78 is 37.6. The lowest BCUT2D eigenvalue weighted by atomic mass is 9.68. The number of hydrogen-bond donors (Lipinski definition) is 1. The van der Waals surface area contributed by atoms with Crippen LogP contribution in [0.5, 0.6) is 0 Å². The molecule has 0 spiro atoms. The molecule has 2 saturated carbocycles. The van der Waals surface area contributed by atoms with Crippen LogP contribution >= 0.6 is 0 Å². The summed E-state index contributed by atoms with van der Waals surface area (Å²) in [5.41, 5.74) is 0.230. The topological polar surface area (TPSA) is 24.9 Å². The molecular weight excluding hydrogens is 277 g/mol. The maximum Gasteiger partial charge on any atom is 0.433 e. The van der Waals surface area contributed by atoms with E-state index in [-0.39, 0.29) is 16.9 Å². The summed E-state index contributed by atoms with van der Waals surface area (Å²) in [7, 11) is 0. The Labute approximate surface area is 123 Å². The van der Waals surface area contributed by atoms with Crippen molar-refractivity contribution < 1.29 is 13.2 Å². The Morgan fingerprint density at radius 2 is 1.95 bits per heavy atom. The van der Waals surface area contributed by atoms with Crippen molar-refractivity contribution in [3.05, 3.63) is 24.0 Å². The van der Waals surface area contributed by atoms with Gasteiger partial charge in [-0.25, -0.2) is 4.98 Å². The Hall–Kier alpha value is -1.26. The zero-order valence-electron chi connectivity index (χ0n) is 12.6. The number of nitrogens with one attached hydrogen (secondary N) is 1. The van der Waals surface area contributed by atoms with Crippen molar-refractivity contribution in [2.45, 2.75) is 52.3 Å². The zero-order chi connectivity index (χ0) is 15.5. The largest absolute Gasteiger partial charge is 0.433 e. The SMILES string of the molecule is CC12CCC(C1)C(C)(C)C2Nc1ccc(C(F)(F)F)nc1. The number of fused-ring (bicyclic) bond motifs is 2. The number of nitrogens with zero attached hydrogens (tertiary/aromatic N) is 1. The number of anilines is 1. The summed E-state index contributed by atoms with van der Waals surface area (Å²) in [6, 6.07) is 2.81. The van der Waals surface area contributed by atoms with Gasteiger partial charge in [-0.15, -0.1) is 0 Å². The lowest BCUT2D eigenvalue weighted by molar-refractivity contribution is -0.141. The third-order valence-corrected chi connectivity index (χ3v) is 5.63. The van der Waals surface area contributed by atoms with Crippen LogP contribution in [0.15, 0.2) is 18.3 Å². The van der Waals surface area contributed by atoms with E-state index in [1.165, 1.54) is 31.5 Å². The zero-order valence-corrected chi connectivity index (χ0v) is 12.6. The second kappa shape index (κ2) is 4.37. The van der Waals surface area contributed by atoms with Crippen LogP contribution < -0.4 is 5.32 Å². The number of aromatic nitrogens is 1. The molecule has 0 radical (unpaired) electrons. The summed E-state index contributed by atoms with van der Waals surface area (Å²) in [6.07, 6.45) is 0.565. The molecule has 3 unspecified atom stereocenters. The molecule has 1 N–H and O–H groups in total. The number of alkyl halides is 3. The molecular formula is C16H21F3N2. The van der Waals surface area contributed by atoms with E-state index in [0.717, 1.165) is 6.07 Å². The van der Waals surface area contributed by atoms with Crippen LogP contribution in [0, 0.1) is 16.7 Å². The van der Waals surface area contributed by atoms with Gasteiger partial charge in [-0.1, -0.05) is 20.8 Å². The lowest BCUT2D eigenvalue weighted by Gasteiger charge is -2.43. The molecule has 21 heavy (non-hydrogen) atoms. The number of halogens is 3. The second-order valence-electron chi connectivity index (χ2n) is 7.42. The van der Waals surface area contributed by atoms with E-state index in [4.69, 9.17) is 0 Å². The summed E-state index contributed by atoms with van der Waals surface area (Å²) in [6.45, 7) is 6.81. The fourth-order valence-corrected chi connectivity index (χ4v) is 4.48. The van der Waals surface area contributed by atoms with Gasteiger partial charge in [-0.3, -0.25) is 0 Å². The second-order valence-corrected chi connectivity index (χ2v) is 7.42. The van der Waals surface area contributed by atoms with Crippen molar-refractivity contribution in [1.29, 1.82) is 0 Å². The fourth-order valence-electron chi connectivity index (χ4n) is 4.48. The van der Waals surface area contributed by atoms with Crippen LogP contribution in [0.2, 0.25) is 0 Å². The van der Waals surface area contributed by atoms with Crippen molar-refractivity contribution in [1.82, 2.24) is 4.98 Å². The van der Waals surface area contributed by atoms with E-state index >= 15 is 0 Å². The van der Waals surface area contributed by atoms with E-state index in [1.807, 2.05) is 0 Å². The van der Waals surface area contributed by atoms with Gasteiger partial charge in [0.2, 0.25) is 0 Å². The van der Waals surface area contributed by atoms with Crippen LogP contribution in [0.4, 0.5) is 18.9 Å². The first-order valence-corrected chi connectivity index (χ1v) is 7.43. The fraction of sp³-hybridized carbons (Fsp3) is 0.688. The van der Waals surface area contributed by atoms with Gasteiger partial charge in [0.15, 0.2) is 0 Å². The first kappa shape index (κ1) is 14.7. The van der Waals surface area contributed by atoms with E-state index < -0.39 is 11.9 Å². The molecule has 0 aromatic carbocycles. The van der Waals surface area contributed by atoms with Crippen molar-refractivity contribution in [2.75, 3.05) is 5.32 Å². The van der Waals surface area contributed by atoms with Gasteiger partial charge in [-0.2, -0.15) is 13.2 Å². The van der Waals surface area contributed by atoms with Gasteiger partial charge < -0.3 is 5.32 Å². The average molecular weight is 298 g/mol. The third-order valence-electron chi connectivity index (χ3n) is 5.63. The van der Waals surface area contributed by atoms with Crippen molar-refractivity contribution >= 4 is 5.69 Å². The van der Waals surface area contributed by atoms with Crippen LogP contribution in [-0.4, -0.2) is 11.0 Å². The molecule has 1 aromatic heterocycles. The maximum atomic E-state index is 12.5. The molecule has 2 bridgehead atoms. The predicted molar refractivity (Wildman–Crippen MR) is 75.9 cm³/mol. The van der Waals surface area contributed by atoms with Crippen molar-refractivity contribution in [2.24, 2.45) is 16.7 Å². The molecule has 5 heteroatoms. The molecule has 2 nitrogen and oxygen atoms in total. The molecule has 3 atom stereocenters. The molecule has 1 aromatic rings. The van der Waals surface area contributed by atoms with Crippen LogP contribution in [0.1, 0.15) is 45.7 Å². The molecule has 2 fully saturated rings. The lowest BCUT2D eigenvalue weighted by Crippen LogP contribution is -2.45. The highest BCUT2D eigenvalue weighted by molar-refractivity contribution is 5.44. The summed E-state index contributed by atoms with van der Waals surface area (Å²) in [5, 5.41) is 3.45. The van der Waals surface area contributed by atoms with Crippen molar-refractivity contribution in [3.8, 4) is 0 Å². The first-order valence-electron chi connectivity index (χ1n) is 7.43. The molecule has 3 rings (SSSR count). The van der Waals surface area contributed by atoms with Crippen LogP contribution in [0.25, 0.3) is 0 Å². The first-order chi connectivity index (χ1) is 9.63. The highest BCUT2D eigenvalue weighted by Gasteiger charge is 2.59. The van der Waals surface area contributed by atoms with Gasteiger partial charge >= 0.3 is 6.18 Å². The maximum absolute atomic E-state index is 12.5. The smallest absolute Gasteiger partial charge is 0.380 e. The Morgan fingerprint density at radius 3 is 2.43 bits per heavy atom. The monoisotopic (exact) mass is 298 g/mol. The summed E-state index contributed by atoms with van der Waals surface area (Å²) in [4.78, 5) is 3.54. The van der Waals surface area contributed by atoms with E-state index in [2.05, 4.69) is 31.1 Å². The number of pyridine rings is 1. The molecule has 0 saturated heterocycles. The van der Waals surface area contributed by atoms with E-state index in [9.17, 15) is 13.2 Å². The standard InChI is InChI=1S/C16H21F3N2/c1-14(2)10-6-7-15(3,8-10)13(14)21-11-4-5-12(20-9-11)16(17,18)19/h4-5,9-10,13,21H,6-8H2,1-3H3. The molecule has 1 heterocycles. The Bertz CT molecular complexity index is 531.